The Kier molecular flexibility index (Phi) is 5.38. The van der Waals surface area contributed by atoms with Crippen LogP contribution in [0.3, 0.4) is 0 Å². The van der Waals surface area contributed by atoms with Gasteiger partial charge in [-0.15, -0.1) is 5.10 Å². The summed E-state index contributed by atoms with van der Waals surface area (Å²) < 4.78 is 37.8. The summed E-state index contributed by atoms with van der Waals surface area (Å²) in [5.41, 5.74) is 1.51. The maximum absolute atomic E-state index is 12.6. The number of rotatable bonds is 3. The van der Waals surface area contributed by atoms with E-state index in [1.807, 2.05) is 0 Å². The Morgan fingerprint density at radius 1 is 1.10 bits per heavy atom. The van der Waals surface area contributed by atoms with Crippen LogP contribution in [-0.4, -0.2) is 40.2 Å². The number of anilines is 1. The van der Waals surface area contributed by atoms with E-state index in [2.05, 4.69) is 31.5 Å². The first-order valence-electron chi connectivity index (χ1n) is 9.85. The summed E-state index contributed by atoms with van der Waals surface area (Å²) in [5, 5.41) is 11.6. The van der Waals surface area contributed by atoms with E-state index in [-0.39, 0.29) is 11.6 Å². The molecule has 2 aromatic rings. The molecular formula is C20H22F3N5O. The summed E-state index contributed by atoms with van der Waals surface area (Å²) in [4.78, 5) is 17.8. The van der Waals surface area contributed by atoms with Gasteiger partial charge in [0.05, 0.1) is 11.3 Å². The smallest absolute Gasteiger partial charge is 0.355 e. The van der Waals surface area contributed by atoms with Crippen molar-refractivity contribution in [1.82, 2.24) is 20.5 Å². The first-order chi connectivity index (χ1) is 13.9. The number of carbonyl (C=O) groups excluding carboxylic acids is 1. The number of halogens is 3. The first-order valence-corrected chi connectivity index (χ1v) is 9.85. The number of amides is 1. The van der Waals surface area contributed by atoms with Gasteiger partial charge in [-0.3, -0.25) is 9.78 Å². The minimum absolute atomic E-state index is 0.0355. The van der Waals surface area contributed by atoms with Crippen LogP contribution in [0.15, 0.2) is 24.4 Å². The van der Waals surface area contributed by atoms with Crippen LogP contribution in [-0.2, 0) is 19.0 Å². The molecule has 0 aromatic carbocycles. The van der Waals surface area contributed by atoms with Crippen LogP contribution in [0.2, 0.25) is 0 Å². The van der Waals surface area contributed by atoms with Gasteiger partial charge in [0, 0.05) is 25.3 Å². The summed E-state index contributed by atoms with van der Waals surface area (Å²) in [7, 11) is 0. The third kappa shape index (κ3) is 4.49. The van der Waals surface area contributed by atoms with Crippen LogP contribution in [0.1, 0.15) is 53.0 Å². The number of nitrogens with zero attached hydrogens (tertiary/aromatic N) is 4. The number of pyridine rings is 1. The van der Waals surface area contributed by atoms with Gasteiger partial charge in [-0.2, -0.15) is 18.3 Å². The van der Waals surface area contributed by atoms with Crippen molar-refractivity contribution < 1.29 is 18.0 Å². The lowest BCUT2D eigenvalue weighted by atomic mass is 9.96. The number of fused-ring (bicyclic) bond motifs is 1. The minimum Gasteiger partial charge on any atom is -0.355 e. The molecule has 1 fully saturated rings. The highest BCUT2D eigenvalue weighted by Gasteiger charge is 2.32. The summed E-state index contributed by atoms with van der Waals surface area (Å²) in [5.74, 6) is 0.473. The molecule has 29 heavy (non-hydrogen) atoms. The molecule has 1 aliphatic heterocycles. The maximum Gasteiger partial charge on any atom is 0.433 e. The molecule has 2 aliphatic rings. The van der Waals surface area contributed by atoms with Crippen LogP contribution in [0.4, 0.5) is 19.0 Å². The number of hydrogen-bond donors (Lipinski definition) is 1. The molecule has 1 saturated heterocycles. The molecule has 1 amide bonds. The van der Waals surface area contributed by atoms with E-state index in [1.165, 1.54) is 18.4 Å². The largest absolute Gasteiger partial charge is 0.433 e. The van der Waals surface area contributed by atoms with E-state index >= 15 is 0 Å². The molecule has 2 aromatic heterocycles. The van der Waals surface area contributed by atoms with E-state index in [4.69, 9.17) is 0 Å². The highest BCUT2D eigenvalue weighted by molar-refractivity contribution is 5.94. The molecule has 6 nitrogen and oxygen atoms in total. The third-order valence-electron chi connectivity index (χ3n) is 5.53. The zero-order valence-corrected chi connectivity index (χ0v) is 15.9. The van der Waals surface area contributed by atoms with Crippen molar-refractivity contribution in [2.75, 3.05) is 18.0 Å². The molecule has 154 valence electrons. The molecular weight excluding hydrogens is 383 g/mol. The van der Waals surface area contributed by atoms with Gasteiger partial charge in [0.1, 0.15) is 5.69 Å². The molecule has 0 unspecified atom stereocenters. The molecule has 0 bridgehead atoms. The summed E-state index contributed by atoms with van der Waals surface area (Å²) in [6, 6.07) is 4.08. The number of aromatic nitrogens is 3. The van der Waals surface area contributed by atoms with Gasteiger partial charge in [0.25, 0.3) is 5.91 Å². The number of nitrogens with one attached hydrogen (secondary N) is 1. The molecule has 1 N–H and O–H groups in total. The molecule has 1 aliphatic carbocycles. The highest BCUT2D eigenvalue weighted by atomic mass is 19.4. The summed E-state index contributed by atoms with van der Waals surface area (Å²) in [6.07, 6.45) is 2.32. The fourth-order valence-electron chi connectivity index (χ4n) is 3.85. The fourth-order valence-corrected chi connectivity index (χ4v) is 3.85. The lowest BCUT2D eigenvalue weighted by Gasteiger charge is -2.33. The van der Waals surface area contributed by atoms with Crippen molar-refractivity contribution in [2.24, 2.45) is 0 Å². The van der Waals surface area contributed by atoms with E-state index in [9.17, 15) is 18.0 Å². The fraction of sp³-hybridized carbons (Fsp3) is 0.500. The monoisotopic (exact) mass is 405 g/mol. The van der Waals surface area contributed by atoms with E-state index in [0.717, 1.165) is 68.6 Å². The van der Waals surface area contributed by atoms with Gasteiger partial charge in [-0.1, -0.05) is 0 Å². The van der Waals surface area contributed by atoms with E-state index < -0.39 is 17.8 Å². The quantitative estimate of drug-likeness (QED) is 0.850. The molecule has 0 radical (unpaired) electrons. The van der Waals surface area contributed by atoms with Crippen molar-refractivity contribution in [1.29, 1.82) is 0 Å². The van der Waals surface area contributed by atoms with E-state index in [1.54, 1.807) is 0 Å². The van der Waals surface area contributed by atoms with Gasteiger partial charge in [-0.25, -0.2) is 0 Å². The maximum atomic E-state index is 12.6. The number of carbonyl (C=O) groups is 1. The molecule has 0 saturated carbocycles. The van der Waals surface area contributed by atoms with Crippen molar-refractivity contribution in [3.63, 3.8) is 0 Å². The third-order valence-corrected chi connectivity index (χ3v) is 5.53. The predicted molar refractivity (Wildman–Crippen MR) is 101 cm³/mol. The Bertz CT molecular complexity index is 877. The van der Waals surface area contributed by atoms with Crippen molar-refractivity contribution >= 4 is 11.7 Å². The summed E-state index contributed by atoms with van der Waals surface area (Å²) >= 11 is 0. The van der Waals surface area contributed by atoms with Crippen LogP contribution >= 0.6 is 0 Å². The Labute approximate surface area is 166 Å². The predicted octanol–water partition coefficient (Wildman–Crippen LogP) is 3.17. The highest BCUT2D eigenvalue weighted by Crippen LogP contribution is 2.27. The van der Waals surface area contributed by atoms with Gasteiger partial charge in [0.15, 0.2) is 5.82 Å². The Hall–Kier alpha value is -2.71. The van der Waals surface area contributed by atoms with Crippen molar-refractivity contribution in [3.05, 3.63) is 46.9 Å². The number of aryl methyl sites for hydroxylation is 2. The molecule has 0 spiro atoms. The molecule has 0 atom stereocenters. The lowest BCUT2D eigenvalue weighted by molar-refractivity contribution is -0.141. The Morgan fingerprint density at radius 2 is 1.86 bits per heavy atom. The van der Waals surface area contributed by atoms with Crippen molar-refractivity contribution in [2.45, 2.75) is 50.7 Å². The minimum atomic E-state index is -4.51. The zero-order chi connectivity index (χ0) is 20.4. The van der Waals surface area contributed by atoms with Crippen LogP contribution in [0, 0.1) is 0 Å². The topological polar surface area (TPSA) is 71.0 Å². The lowest BCUT2D eigenvalue weighted by Crippen LogP contribution is -2.45. The second-order valence-corrected chi connectivity index (χ2v) is 7.55. The van der Waals surface area contributed by atoms with Gasteiger partial charge >= 0.3 is 6.18 Å². The second-order valence-electron chi connectivity index (χ2n) is 7.55. The number of piperidine rings is 1. The molecule has 3 heterocycles. The van der Waals surface area contributed by atoms with Crippen LogP contribution in [0.5, 0.6) is 0 Å². The summed E-state index contributed by atoms with van der Waals surface area (Å²) in [6.45, 7) is 1.48. The number of alkyl halides is 3. The average molecular weight is 405 g/mol. The number of hydrogen-bond acceptors (Lipinski definition) is 5. The molecule has 4 rings (SSSR count). The van der Waals surface area contributed by atoms with Gasteiger partial charge < -0.3 is 10.2 Å². The average Bonchev–Trinajstić information content (AvgIpc) is 2.73. The Balaban J connectivity index is 1.32. The first kappa shape index (κ1) is 19.6. The van der Waals surface area contributed by atoms with Crippen LogP contribution < -0.4 is 10.2 Å². The second kappa shape index (κ2) is 7.96. The van der Waals surface area contributed by atoms with Crippen molar-refractivity contribution in [3.8, 4) is 0 Å². The Morgan fingerprint density at radius 3 is 2.55 bits per heavy atom. The van der Waals surface area contributed by atoms with Gasteiger partial charge in [-0.05, 0) is 62.3 Å². The SMILES string of the molecule is O=C(NC1CCN(c2cc3c(nn2)CCCC3)CC1)c1ccc(C(F)(F)F)nc1. The standard InChI is InChI=1S/C20H22F3N5O/c21-20(22,23)17-6-5-14(12-24-17)19(29)25-15-7-9-28(10-8-15)18-11-13-3-1-2-4-16(13)26-27-18/h5-6,11-12,15H,1-4,7-10H2,(H,25,29). The zero-order valence-electron chi connectivity index (χ0n) is 15.9. The van der Waals surface area contributed by atoms with Gasteiger partial charge in [0.2, 0.25) is 0 Å². The normalized spacial score (nSPS) is 17.7. The molecule has 9 heteroatoms. The van der Waals surface area contributed by atoms with Crippen LogP contribution in [0.25, 0.3) is 0 Å². The van der Waals surface area contributed by atoms with E-state index in [0.29, 0.717) is 0 Å².